The third kappa shape index (κ3) is 4.45. The van der Waals surface area contributed by atoms with Crippen LogP contribution in [0.5, 0.6) is 5.88 Å². The zero-order chi connectivity index (χ0) is 11.8. The quantitative estimate of drug-likeness (QED) is 0.748. The van der Waals surface area contributed by atoms with Crippen LogP contribution in [0.2, 0.25) is 0 Å². The topological polar surface area (TPSA) is 34.1 Å². The summed E-state index contributed by atoms with van der Waals surface area (Å²) in [5, 5.41) is 3.29. The summed E-state index contributed by atoms with van der Waals surface area (Å²) in [6.45, 7) is 8.46. The first-order valence-electron chi connectivity index (χ1n) is 5.68. The summed E-state index contributed by atoms with van der Waals surface area (Å²) < 4.78 is 5.52. The fraction of sp³-hybridized carbons (Fsp3) is 0.462. The molecule has 1 N–H and O–H groups in total. The van der Waals surface area contributed by atoms with Crippen LogP contribution in [0.15, 0.2) is 24.3 Å². The van der Waals surface area contributed by atoms with Gasteiger partial charge in [-0.3, -0.25) is 0 Å². The molecular weight excluding hydrogens is 200 g/mol. The van der Waals surface area contributed by atoms with E-state index >= 15 is 0 Å². The van der Waals surface area contributed by atoms with Crippen molar-refractivity contribution >= 4 is 0 Å². The highest BCUT2D eigenvalue weighted by molar-refractivity contribution is 5.24. The second-order valence-corrected chi connectivity index (χ2v) is 3.62. The van der Waals surface area contributed by atoms with Crippen molar-refractivity contribution in [1.82, 2.24) is 10.3 Å². The average Bonchev–Trinajstić information content (AvgIpc) is 2.26. The smallest absolute Gasteiger partial charge is 0.214 e. The molecule has 88 valence electrons. The summed E-state index contributed by atoms with van der Waals surface area (Å²) in [4.78, 5) is 4.33. The number of hydrogen-bond donors (Lipinski definition) is 1. The molecule has 0 aliphatic carbocycles. The van der Waals surface area contributed by atoms with E-state index in [1.807, 2.05) is 32.1 Å². The summed E-state index contributed by atoms with van der Waals surface area (Å²) in [7, 11) is 0. The number of nitrogens with one attached hydrogen (secondary N) is 1. The second kappa shape index (κ2) is 7.01. The lowest BCUT2D eigenvalue weighted by atomic mass is 10.2. The molecule has 0 radical (unpaired) electrons. The summed E-state index contributed by atoms with van der Waals surface area (Å²) in [6, 6.07) is 4.06. The molecule has 0 fully saturated rings. The molecule has 0 unspecified atom stereocenters. The highest BCUT2D eigenvalue weighted by atomic mass is 16.5. The minimum Gasteiger partial charge on any atom is -0.473 e. The van der Waals surface area contributed by atoms with E-state index in [0.717, 1.165) is 18.8 Å². The highest BCUT2D eigenvalue weighted by Gasteiger charge is 2.00. The number of ether oxygens (including phenoxy) is 1. The van der Waals surface area contributed by atoms with E-state index in [-0.39, 0.29) is 0 Å². The van der Waals surface area contributed by atoms with Gasteiger partial charge in [0.25, 0.3) is 0 Å². The predicted octanol–water partition coefficient (Wildman–Crippen LogP) is 2.45. The van der Waals surface area contributed by atoms with E-state index in [1.165, 1.54) is 5.56 Å². The van der Waals surface area contributed by atoms with Gasteiger partial charge in [0.15, 0.2) is 0 Å². The van der Waals surface area contributed by atoms with Gasteiger partial charge in [-0.05, 0) is 32.0 Å². The summed E-state index contributed by atoms with van der Waals surface area (Å²) in [6.07, 6.45) is 3.93. The number of rotatable bonds is 6. The van der Waals surface area contributed by atoms with Gasteiger partial charge in [-0.2, -0.15) is 0 Å². The SMILES string of the molecule is C/C=C/COc1cc(CNCC)cc(C)n1. The number of hydrogen-bond acceptors (Lipinski definition) is 3. The minimum absolute atomic E-state index is 0.577. The molecule has 1 heterocycles. The zero-order valence-corrected chi connectivity index (χ0v) is 10.3. The zero-order valence-electron chi connectivity index (χ0n) is 10.3. The van der Waals surface area contributed by atoms with Gasteiger partial charge in [-0.1, -0.05) is 19.1 Å². The number of nitrogens with zero attached hydrogens (tertiary/aromatic N) is 1. The minimum atomic E-state index is 0.577. The summed E-state index contributed by atoms with van der Waals surface area (Å²) >= 11 is 0. The van der Waals surface area contributed by atoms with E-state index in [4.69, 9.17) is 4.74 Å². The van der Waals surface area contributed by atoms with Gasteiger partial charge in [0.1, 0.15) is 6.61 Å². The van der Waals surface area contributed by atoms with E-state index in [2.05, 4.69) is 23.3 Å². The average molecular weight is 220 g/mol. The molecular formula is C13H20N2O. The highest BCUT2D eigenvalue weighted by Crippen LogP contribution is 2.12. The van der Waals surface area contributed by atoms with Crippen LogP contribution in [0.25, 0.3) is 0 Å². The molecule has 0 bridgehead atoms. The van der Waals surface area contributed by atoms with Gasteiger partial charge in [-0.25, -0.2) is 4.98 Å². The fourth-order valence-electron chi connectivity index (χ4n) is 1.38. The molecule has 16 heavy (non-hydrogen) atoms. The van der Waals surface area contributed by atoms with Crippen LogP contribution in [0.1, 0.15) is 25.1 Å². The van der Waals surface area contributed by atoms with E-state index in [0.29, 0.717) is 12.5 Å². The molecule has 0 amide bonds. The van der Waals surface area contributed by atoms with Crippen molar-refractivity contribution in [2.45, 2.75) is 27.3 Å². The molecule has 0 spiro atoms. The van der Waals surface area contributed by atoms with Crippen molar-refractivity contribution in [1.29, 1.82) is 0 Å². The first kappa shape index (κ1) is 12.7. The fourth-order valence-corrected chi connectivity index (χ4v) is 1.38. The van der Waals surface area contributed by atoms with Crippen molar-refractivity contribution in [2.75, 3.05) is 13.2 Å². The molecule has 0 atom stereocenters. The van der Waals surface area contributed by atoms with Crippen LogP contribution in [0.4, 0.5) is 0 Å². The van der Waals surface area contributed by atoms with Crippen LogP contribution in [-0.4, -0.2) is 18.1 Å². The summed E-state index contributed by atoms with van der Waals surface area (Å²) in [5.41, 5.74) is 2.20. The van der Waals surface area contributed by atoms with Crippen LogP contribution >= 0.6 is 0 Å². The van der Waals surface area contributed by atoms with Gasteiger partial charge in [-0.15, -0.1) is 0 Å². The number of allylic oxidation sites excluding steroid dienone is 1. The van der Waals surface area contributed by atoms with Gasteiger partial charge >= 0.3 is 0 Å². The van der Waals surface area contributed by atoms with Crippen LogP contribution in [0.3, 0.4) is 0 Å². The molecule has 3 heteroatoms. The maximum atomic E-state index is 5.52. The molecule has 0 aromatic carbocycles. The largest absolute Gasteiger partial charge is 0.473 e. The maximum absolute atomic E-state index is 5.52. The Bertz CT molecular complexity index is 348. The normalized spacial score (nSPS) is 10.9. The molecule has 1 aromatic heterocycles. The Kier molecular flexibility index (Phi) is 5.57. The van der Waals surface area contributed by atoms with Crippen molar-refractivity contribution < 1.29 is 4.74 Å². The van der Waals surface area contributed by atoms with Crippen molar-refractivity contribution in [3.63, 3.8) is 0 Å². The van der Waals surface area contributed by atoms with Gasteiger partial charge in [0.05, 0.1) is 0 Å². The molecule has 1 aromatic rings. The molecule has 0 aliphatic rings. The molecule has 0 aliphatic heterocycles. The number of aromatic nitrogens is 1. The lowest BCUT2D eigenvalue weighted by molar-refractivity contribution is 0.347. The summed E-state index contributed by atoms with van der Waals surface area (Å²) in [5.74, 6) is 0.700. The Morgan fingerprint density at radius 1 is 1.44 bits per heavy atom. The van der Waals surface area contributed by atoms with Crippen LogP contribution < -0.4 is 10.1 Å². The monoisotopic (exact) mass is 220 g/mol. The third-order valence-corrected chi connectivity index (χ3v) is 2.13. The van der Waals surface area contributed by atoms with Crippen LogP contribution in [0, 0.1) is 6.92 Å². The Morgan fingerprint density at radius 3 is 2.94 bits per heavy atom. The maximum Gasteiger partial charge on any atom is 0.214 e. The molecule has 0 saturated carbocycles. The number of aryl methyl sites for hydroxylation is 1. The standard InChI is InChI=1S/C13H20N2O/c1-4-6-7-16-13-9-12(10-14-5-2)8-11(3)15-13/h4,6,8-9,14H,5,7,10H2,1-3H3/b6-4+. The van der Waals surface area contributed by atoms with Crippen LogP contribution in [-0.2, 0) is 6.54 Å². The first-order chi connectivity index (χ1) is 7.76. The van der Waals surface area contributed by atoms with Gasteiger partial charge in [0.2, 0.25) is 5.88 Å². The Morgan fingerprint density at radius 2 is 2.25 bits per heavy atom. The number of pyridine rings is 1. The van der Waals surface area contributed by atoms with Gasteiger partial charge in [0, 0.05) is 18.3 Å². The Labute approximate surface area is 97.5 Å². The molecule has 1 rings (SSSR count). The third-order valence-electron chi connectivity index (χ3n) is 2.13. The van der Waals surface area contributed by atoms with Crippen molar-refractivity contribution in [2.24, 2.45) is 0 Å². The van der Waals surface area contributed by atoms with E-state index < -0.39 is 0 Å². The van der Waals surface area contributed by atoms with Crippen molar-refractivity contribution in [3.05, 3.63) is 35.5 Å². The Balaban J connectivity index is 2.65. The first-order valence-corrected chi connectivity index (χ1v) is 5.68. The van der Waals surface area contributed by atoms with E-state index in [1.54, 1.807) is 0 Å². The predicted molar refractivity (Wildman–Crippen MR) is 66.7 cm³/mol. The lowest BCUT2D eigenvalue weighted by Gasteiger charge is -2.07. The second-order valence-electron chi connectivity index (χ2n) is 3.62. The lowest BCUT2D eigenvalue weighted by Crippen LogP contribution is -2.12. The van der Waals surface area contributed by atoms with Crippen molar-refractivity contribution in [3.8, 4) is 5.88 Å². The van der Waals surface area contributed by atoms with E-state index in [9.17, 15) is 0 Å². The molecule has 3 nitrogen and oxygen atoms in total. The van der Waals surface area contributed by atoms with Gasteiger partial charge < -0.3 is 10.1 Å². The Hall–Kier alpha value is -1.35. The molecule has 0 saturated heterocycles.